The van der Waals surface area contributed by atoms with E-state index in [1.54, 1.807) is 6.92 Å². The number of benzene rings is 1. The van der Waals surface area contributed by atoms with Crippen molar-refractivity contribution in [1.29, 1.82) is 0 Å². The van der Waals surface area contributed by atoms with Crippen LogP contribution < -0.4 is 5.32 Å². The van der Waals surface area contributed by atoms with Gasteiger partial charge in [-0.25, -0.2) is 4.39 Å². The van der Waals surface area contributed by atoms with Gasteiger partial charge < -0.3 is 10.4 Å². The molecule has 1 aliphatic rings. The molecule has 4 nitrogen and oxygen atoms in total. The molecule has 1 amide bonds. The number of alkyl halides is 1. The number of hydrogen-bond acceptors (Lipinski definition) is 3. The Labute approximate surface area is 131 Å². The van der Waals surface area contributed by atoms with Crippen LogP contribution in [0.15, 0.2) is 30.3 Å². The number of amides is 1. The van der Waals surface area contributed by atoms with Gasteiger partial charge in [-0.3, -0.25) is 9.69 Å². The van der Waals surface area contributed by atoms with Gasteiger partial charge in [-0.1, -0.05) is 37.3 Å². The smallest absolute Gasteiger partial charge is 0.220 e. The number of carbonyl (C=O) groups is 1. The first kappa shape index (κ1) is 16.9. The Hall–Kier alpha value is -1.46. The predicted octanol–water partition coefficient (Wildman–Crippen LogP) is 1.53. The van der Waals surface area contributed by atoms with Gasteiger partial charge in [0.2, 0.25) is 5.91 Å². The SMILES string of the molecule is CCC(=O)N[C@H]1CN(CCCc2ccccc2)[C@@H](CO)[C@H]1F. The summed E-state index contributed by atoms with van der Waals surface area (Å²) in [5, 5.41) is 12.2. The Morgan fingerprint density at radius 1 is 1.41 bits per heavy atom. The average Bonchev–Trinajstić information content (AvgIpc) is 2.83. The number of aryl methyl sites for hydroxylation is 1. The van der Waals surface area contributed by atoms with E-state index in [0.29, 0.717) is 13.0 Å². The van der Waals surface area contributed by atoms with Gasteiger partial charge in [0.15, 0.2) is 0 Å². The monoisotopic (exact) mass is 308 g/mol. The Morgan fingerprint density at radius 3 is 2.77 bits per heavy atom. The van der Waals surface area contributed by atoms with Crippen LogP contribution in [0.5, 0.6) is 0 Å². The van der Waals surface area contributed by atoms with Crippen molar-refractivity contribution >= 4 is 5.91 Å². The van der Waals surface area contributed by atoms with E-state index in [4.69, 9.17) is 0 Å². The zero-order valence-electron chi connectivity index (χ0n) is 13.0. The zero-order valence-corrected chi connectivity index (χ0v) is 13.0. The fourth-order valence-electron chi connectivity index (χ4n) is 3.00. The van der Waals surface area contributed by atoms with Crippen molar-refractivity contribution in [3.63, 3.8) is 0 Å². The molecule has 1 fully saturated rings. The number of carbonyl (C=O) groups excluding carboxylic acids is 1. The molecular weight excluding hydrogens is 283 g/mol. The molecule has 1 aliphatic heterocycles. The van der Waals surface area contributed by atoms with E-state index in [2.05, 4.69) is 17.4 Å². The van der Waals surface area contributed by atoms with E-state index in [-0.39, 0.29) is 12.5 Å². The molecule has 0 bridgehead atoms. The van der Waals surface area contributed by atoms with Crippen LogP contribution in [0.1, 0.15) is 25.3 Å². The van der Waals surface area contributed by atoms with Gasteiger partial charge in [-0.15, -0.1) is 0 Å². The molecule has 122 valence electrons. The van der Waals surface area contributed by atoms with E-state index in [1.165, 1.54) is 5.56 Å². The topological polar surface area (TPSA) is 52.6 Å². The van der Waals surface area contributed by atoms with Crippen LogP contribution in [0, 0.1) is 0 Å². The molecule has 0 saturated carbocycles. The van der Waals surface area contributed by atoms with Crippen LogP contribution >= 0.6 is 0 Å². The number of likely N-dealkylation sites (tertiary alicyclic amines) is 1. The second-order valence-electron chi connectivity index (χ2n) is 5.81. The van der Waals surface area contributed by atoms with Crippen LogP contribution in [0.4, 0.5) is 4.39 Å². The Kier molecular flexibility index (Phi) is 6.34. The number of hydrogen-bond donors (Lipinski definition) is 2. The highest BCUT2D eigenvalue weighted by Gasteiger charge is 2.41. The lowest BCUT2D eigenvalue weighted by Gasteiger charge is -2.22. The van der Waals surface area contributed by atoms with Crippen LogP contribution in [0.25, 0.3) is 0 Å². The van der Waals surface area contributed by atoms with Gasteiger partial charge in [0.1, 0.15) is 6.17 Å². The summed E-state index contributed by atoms with van der Waals surface area (Å²) < 4.78 is 14.3. The van der Waals surface area contributed by atoms with E-state index < -0.39 is 18.3 Å². The highest BCUT2D eigenvalue weighted by Crippen LogP contribution is 2.22. The molecule has 22 heavy (non-hydrogen) atoms. The van der Waals surface area contributed by atoms with Crippen molar-refractivity contribution in [2.45, 2.75) is 44.4 Å². The van der Waals surface area contributed by atoms with Gasteiger partial charge in [-0.2, -0.15) is 0 Å². The third kappa shape index (κ3) is 4.27. The summed E-state index contributed by atoms with van der Waals surface area (Å²) in [6.07, 6.45) is 0.971. The van der Waals surface area contributed by atoms with Crippen molar-refractivity contribution in [3.8, 4) is 0 Å². The number of halogens is 1. The maximum atomic E-state index is 14.3. The second kappa shape index (κ2) is 8.25. The van der Waals surface area contributed by atoms with Crippen molar-refractivity contribution < 1.29 is 14.3 Å². The van der Waals surface area contributed by atoms with Gasteiger partial charge in [0.25, 0.3) is 0 Å². The highest BCUT2D eigenvalue weighted by molar-refractivity contribution is 5.76. The third-order valence-electron chi connectivity index (χ3n) is 4.26. The molecule has 5 heteroatoms. The zero-order chi connectivity index (χ0) is 15.9. The van der Waals surface area contributed by atoms with E-state index in [0.717, 1.165) is 19.4 Å². The first-order chi connectivity index (χ1) is 10.7. The minimum Gasteiger partial charge on any atom is -0.395 e. The lowest BCUT2D eigenvalue weighted by molar-refractivity contribution is -0.121. The molecule has 0 aliphatic carbocycles. The molecular formula is C17H25FN2O2. The van der Waals surface area contributed by atoms with Crippen molar-refractivity contribution in [2.75, 3.05) is 19.7 Å². The van der Waals surface area contributed by atoms with Gasteiger partial charge >= 0.3 is 0 Å². The molecule has 0 radical (unpaired) electrons. The van der Waals surface area contributed by atoms with Crippen LogP contribution in [0.2, 0.25) is 0 Å². The summed E-state index contributed by atoms with van der Waals surface area (Å²) in [5.74, 6) is -0.143. The van der Waals surface area contributed by atoms with Crippen LogP contribution in [-0.2, 0) is 11.2 Å². The minimum absolute atomic E-state index is 0.143. The Morgan fingerprint density at radius 2 is 2.14 bits per heavy atom. The summed E-state index contributed by atoms with van der Waals surface area (Å²) in [5.41, 5.74) is 1.26. The molecule has 1 saturated heterocycles. The van der Waals surface area contributed by atoms with Crippen molar-refractivity contribution in [2.24, 2.45) is 0 Å². The number of aliphatic hydroxyl groups is 1. The predicted molar refractivity (Wildman–Crippen MR) is 84.3 cm³/mol. The first-order valence-electron chi connectivity index (χ1n) is 7.98. The summed E-state index contributed by atoms with van der Waals surface area (Å²) in [4.78, 5) is 13.4. The molecule has 3 atom stereocenters. The Balaban J connectivity index is 1.85. The fourth-order valence-corrected chi connectivity index (χ4v) is 3.00. The average molecular weight is 308 g/mol. The van der Waals surface area contributed by atoms with E-state index in [1.807, 2.05) is 23.1 Å². The fraction of sp³-hybridized carbons (Fsp3) is 0.588. The number of aliphatic hydroxyl groups excluding tert-OH is 1. The Bertz CT molecular complexity index is 469. The van der Waals surface area contributed by atoms with Crippen LogP contribution in [0.3, 0.4) is 0 Å². The molecule has 0 unspecified atom stereocenters. The largest absolute Gasteiger partial charge is 0.395 e. The number of nitrogens with one attached hydrogen (secondary N) is 1. The van der Waals surface area contributed by atoms with E-state index >= 15 is 0 Å². The molecule has 2 rings (SSSR count). The lowest BCUT2D eigenvalue weighted by atomic mass is 10.1. The van der Waals surface area contributed by atoms with Gasteiger partial charge in [-0.05, 0) is 24.9 Å². The molecule has 1 aromatic carbocycles. The molecule has 2 N–H and O–H groups in total. The molecule has 0 spiro atoms. The van der Waals surface area contributed by atoms with E-state index in [9.17, 15) is 14.3 Å². The summed E-state index contributed by atoms with van der Waals surface area (Å²) in [6, 6.07) is 9.14. The van der Waals surface area contributed by atoms with Gasteiger partial charge in [0, 0.05) is 13.0 Å². The standard InChI is InChI=1S/C17H25FN2O2/c1-2-16(22)19-14-11-20(15(12-21)17(14)18)10-6-9-13-7-4-3-5-8-13/h3-5,7-8,14-15,17,21H,2,6,9-12H2,1H3,(H,19,22)/t14-,15-,17-/m0/s1. The number of nitrogens with zero attached hydrogens (tertiary/aromatic N) is 1. The van der Waals surface area contributed by atoms with Crippen molar-refractivity contribution in [3.05, 3.63) is 35.9 Å². The minimum atomic E-state index is -1.21. The summed E-state index contributed by atoms with van der Waals surface area (Å²) >= 11 is 0. The maximum absolute atomic E-state index is 14.3. The molecule has 0 aromatic heterocycles. The summed E-state index contributed by atoms with van der Waals surface area (Å²) in [6.45, 7) is 2.72. The normalized spacial score (nSPS) is 25.3. The lowest BCUT2D eigenvalue weighted by Crippen LogP contribution is -2.42. The molecule has 1 heterocycles. The molecule has 1 aromatic rings. The third-order valence-corrected chi connectivity index (χ3v) is 4.26. The highest BCUT2D eigenvalue weighted by atomic mass is 19.1. The maximum Gasteiger partial charge on any atom is 0.220 e. The summed E-state index contributed by atoms with van der Waals surface area (Å²) in [7, 11) is 0. The first-order valence-corrected chi connectivity index (χ1v) is 7.98. The quantitative estimate of drug-likeness (QED) is 0.803. The van der Waals surface area contributed by atoms with Crippen molar-refractivity contribution in [1.82, 2.24) is 10.2 Å². The van der Waals surface area contributed by atoms with Gasteiger partial charge in [0.05, 0.1) is 18.7 Å². The second-order valence-corrected chi connectivity index (χ2v) is 5.81. The van der Waals surface area contributed by atoms with Crippen LogP contribution in [-0.4, -0.2) is 53.9 Å². The number of rotatable bonds is 7.